The molecule has 2 heterocycles. The summed E-state index contributed by atoms with van der Waals surface area (Å²) in [4.78, 5) is 16.5. The highest BCUT2D eigenvalue weighted by molar-refractivity contribution is 5.94. The first-order valence-corrected chi connectivity index (χ1v) is 7.08. The number of hydrogen-bond acceptors (Lipinski definition) is 4. The van der Waals surface area contributed by atoms with Gasteiger partial charge in [-0.25, -0.2) is 0 Å². The quantitative estimate of drug-likeness (QED) is 0.859. The predicted molar refractivity (Wildman–Crippen MR) is 82.4 cm³/mol. The molecule has 0 aliphatic carbocycles. The van der Waals surface area contributed by atoms with Crippen molar-refractivity contribution in [1.29, 1.82) is 0 Å². The van der Waals surface area contributed by atoms with Crippen molar-refractivity contribution in [3.63, 3.8) is 0 Å². The Balaban J connectivity index is 1.62. The largest absolute Gasteiger partial charge is 0.469 e. The van der Waals surface area contributed by atoms with E-state index in [0.29, 0.717) is 18.7 Å². The summed E-state index contributed by atoms with van der Waals surface area (Å²) in [6.45, 7) is 4.93. The van der Waals surface area contributed by atoms with Gasteiger partial charge in [-0.3, -0.25) is 4.79 Å². The van der Waals surface area contributed by atoms with Gasteiger partial charge in [0.05, 0.1) is 5.56 Å². The van der Waals surface area contributed by atoms with Gasteiger partial charge in [0, 0.05) is 37.6 Å². The third-order valence-electron chi connectivity index (χ3n) is 3.80. The number of carbonyl (C=O) groups is 1. The minimum Gasteiger partial charge on any atom is -0.469 e. The molecule has 0 unspecified atom stereocenters. The molecule has 110 valence electrons. The lowest BCUT2D eigenvalue weighted by Gasteiger charge is -2.36. The Morgan fingerprint density at radius 3 is 2.38 bits per heavy atom. The highest BCUT2D eigenvalue weighted by Gasteiger charge is 2.23. The number of furan rings is 1. The van der Waals surface area contributed by atoms with E-state index >= 15 is 0 Å². The zero-order valence-corrected chi connectivity index (χ0v) is 12.1. The third kappa shape index (κ3) is 2.86. The highest BCUT2D eigenvalue weighted by atomic mass is 16.3. The molecule has 5 nitrogen and oxygen atoms in total. The minimum atomic E-state index is 0.0452. The van der Waals surface area contributed by atoms with Crippen LogP contribution in [0.25, 0.3) is 0 Å². The first kappa shape index (κ1) is 13.5. The third-order valence-corrected chi connectivity index (χ3v) is 3.80. The zero-order chi connectivity index (χ0) is 14.8. The summed E-state index contributed by atoms with van der Waals surface area (Å²) in [5.41, 5.74) is 8.25. The van der Waals surface area contributed by atoms with E-state index in [0.717, 1.165) is 30.2 Å². The number of aryl methyl sites for hydroxylation is 1. The minimum absolute atomic E-state index is 0.0452. The van der Waals surface area contributed by atoms with E-state index in [1.807, 2.05) is 36.1 Å². The number of hydrogen-bond donors (Lipinski definition) is 1. The van der Waals surface area contributed by atoms with Crippen LogP contribution in [-0.2, 0) is 0 Å². The number of nitrogens with two attached hydrogens (primary N) is 1. The van der Waals surface area contributed by atoms with Crippen LogP contribution in [0.3, 0.4) is 0 Å². The molecule has 1 fully saturated rings. The molecule has 1 aliphatic rings. The van der Waals surface area contributed by atoms with Crippen LogP contribution in [0.2, 0.25) is 0 Å². The molecule has 1 aromatic heterocycles. The summed E-state index contributed by atoms with van der Waals surface area (Å²) in [6, 6.07) is 9.63. The fraction of sp³-hybridized carbons (Fsp3) is 0.312. The SMILES string of the molecule is Cc1cc(C(=O)N2CCN(c3ccc(N)cc3)CC2)co1. The van der Waals surface area contributed by atoms with E-state index < -0.39 is 0 Å². The van der Waals surface area contributed by atoms with E-state index in [-0.39, 0.29) is 5.91 Å². The van der Waals surface area contributed by atoms with Gasteiger partial charge in [0.25, 0.3) is 5.91 Å². The fourth-order valence-electron chi connectivity index (χ4n) is 2.59. The van der Waals surface area contributed by atoms with Crippen LogP contribution in [0.15, 0.2) is 41.0 Å². The number of amides is 1. The Kier molecular flexibility index (Phi) is 3.56. The van der Waals surface area contributed by atoms with Crippen LogP contribution in [0.5, 0.6) is 0 Å². The zero-order valence-electron chi connectivity index (χ0n) is 12.1. The summed E-state index contributed by atoms with van der Waals surface area (Å²) < 4.78 is 5.21. The fourth-order valence-corrected chi connectivity index (χ4v) is 2.59. The lowest BCUT2D eigenvalue weighted by molar-refractivity contribution is 0.0746. The smallest absolute Gasteiger partial charge is 0.257 e. The molecular formula is C16H19N3O2. The van der Waals surface area contributed by atoms with Crippen molar-refractivity contribution in [2.75, 3.05) is 36.8 Å². The molecule has 2 N–H and O–H groups in total. The van der Waals surface area contributed by atoms with E-state index in [1.165, 1.54) is 6.26 Å². The van der Waals surface area contributed by atoms with Crippen molar-refractivity contribution in [1.82, 2.24) is 4.90 Å². The van der Waals surface area contributed by atoms with E-state index in [4.69, 9.17) is 10.2 Å². The number of nitrogen functional groups attached to an aromatic ring is 1. The Bertz CT molecular complexity index is 625. The molecule has 2 aromatic rings. The lowest BCUT2D eigenvalue weighted by Crippen LogP contribution is -2.48. The van der Waals surface area contributed by atoms with E-state index in [2.05, 4.69) is 4.90 Å². The molecule has 0 saturated carbocycles. The Morgan fingerprint density at radius 2 is 1.81 bits per heavy atom. The second-order valence-corrected chi connectivity index (χ2v) is 5.32. The molecule has 0 bridgehead atoms. The number of nitrogens with zero attached hydrogens (tertiary/aromatic N) is 2. The van der Waals surface area contributed by atoms with Gasteiger partial charge >= 0.3 is 0 Å². The summed E-state index contributed by atoms with van der Waals surface area (Å²) in [5.74, 6) is 0.808. The summed E-state index contributed by atoms with van der Waals surface area (Å²) in [7, 11) is 0. The molecule has 0 spiro atoms. The topological polar surface area (TPSA) is 62.7 Å². The summed E-state index contributed by atoms with van der Waals surface area (Å²) >= 11 is 0. The Labute approximate surface area is 123 Å². The van der Waals surface area contributed by atoms with Gasteiger partial charge in [-0.2, -0.15) is 0 Å². The van der Waals surface area contributed by atoms with Gasteiger partial charge in [0.1, 0.15) is 12.0 Å². The number of rotatable bonds is 2. The molecule has 5 heteroatoms. The number of piperazine rings is 1. The van der Waals surface area contributed by atoms with Crippen LogP contribution in [-0.4, -0.2) is 37.0 Å². The molecule has 3 rings (SSSR count). The Hall–Kier alpha value is -2.43. The molecule has 0 atom stereocenters. The first-order chi connectivity index (χ1) is 10.1. The predicted octanol–water partition coefficient (Wildman–Crippen LogP) is 2.13. The second kappa shape index (κ2) is 5.52. The second-order valence-electron chi connectivity index (χ2n) is 5.32. The van der Waals surface area contributed by atoms with Crippen LogP contribution in [0, 0.1) is 6.92 Å². The van der Waals surface area contributed by atoms with Gasteiger partial charge in [0.2, 0.25) is 0 Å². The number of carbonyl (C=O) groups excluding carboxylic acids is 1. The molecule has 21 heavy (non-hydrogen) atoms. The average molecular weight is 285 g/mol. The maximum atomic E-state index is 12.3. The maximum absolute atomic E-state index is 12.3. The highest BCUT2D eigenvalue weighted by Crippen LogP contribution is 2.19. The summed E-state index contributed by atoms with van der Waals surface area (Å²) in [6.07, 6.45) is 1.53. The van der Waals surface area contributed by atoms with Crippen molar-refractivity contribution in [3.8, 4) is 0 Å². The number of benzene rings is 1. The van der Waals surface area contributed by atoms with Crippen molar-refractivity contribution in [3.05, 3.63) is 47.9 Å². The van der Waals surface area contributed by atoms with Crippen LogP contribution in [0.1, 0.15) is 16.1 Å². The van der Waals surface area contributed by atoms with Gasteiger partial charge in [-0.05, 0) is 37.3 Å². The summed E-state index contributed by atoms with van der Waals surface area (Å²) in [5, 5.41) is 0. The lowest BCUT2D eigenvalue weighted by atomic mass is 10.2. The normalized spacial score (nSPS) is 15.3. The number of anilines is 2. The van der Waals surface area contributed by atoms with Crippen molar-refractivity contribution in [2.24, 2.45) is 0 Å². The Morgan fingerprint density at radius 1 is 1.14 bits per heavy atom. The maximum Gasteiger partial charge on any atom is 0.257 e. The van der Waals surface area contributed by atoms with Crippen LogP contribution >= 0.6 is 0 Å². The average Bonchev–Trinajstić information content (AvgIpc) is 2.94. The van der Waals surface area contributed by atoms with Crippen molar-refractivity contribution < 1.29 is 9.21 Å². The standard InChI is InChI=1S/C16H19N3O2/c1-12-10-13(11-21-12)16(20)19-8-6-18(7-9-19)15-4-2-14(17)3-5-15/h2-5,10-11H,6-9,17H2,1H3. The van der Waals surface area contributed by atoms with E-state index in [9.17, 15) is 4.79 Å². The van der Waals surface area contributed by atoms with Crippen LogP contribution < -0.4 is 10.6 Å². The monoisotopic (exact) mass is 285 g/mol. The van der Waals surface area contributed by atoms with Crippen LogP contribution in [0.4, 0.5) is 11.4 Å². The van der Waals surface area contributed by atoms with Gasteiger partial charge in [-0.1, -0.05) is 0 Å². The van der Waals surface area contributed by atoms with Gasteiger partial charge in [-0.15, -0.1) is 0 Å². The molecule has 1 aliphatic heterocycles. The van der Waals surface area contributed by atoms with Crippen molar-refractivity contribution >= 4 is 17.3 Å². The van der Waals surface area contributed by atoms with Crippen molar-refractivity contribution in [2.45, 2.75) is 6.92 Å². The van der Waals surface area contributed by atoms with Gasteiger partial charge in [0.15, 0.2) is 0 Å². The van der Waals surface area contributed by atoms with E-state index in [1.54, 1.807) is 6.07 Å². The first-order valence-electron chi connectivity index (χ1n) is 7.08. The molecule has 1 saturated heterocycles. The van der Waals surface area contributed by atoms with Gasteiger partial charge < -0.3 is 20.0 Å². The molecular weight excluding hydrogens is 266 g/mol. The molecule has 0 radical (unpaired) electrons. The molecule has 1 aromatic carbocycles. The molecule has 1 amide bonds.